The number of benzene rings is 1. The van der Waals surface area contributed by atoms with E-state index in [1.807, 2.05) is 36.5 Å². The Hall–Kier alpha value is -3.13. The molecule has 1 aliphatic heterocycles. The predicted octanol–water partition coefficient (Wildman–Crippen LogP) is 2.15. The highest BCUT2D eigenvalue weighted by molar-refractivity contribution is 5.99. The molecule has 1 amide bonds. The lowest BCUT2D eigenvalue weighted by Gasteiger charge is -2.32. The van der Waals surface area contributed by atoms with Gasteiger partial charge < -0.3 is 10.2 Å². The van der Waals surface area contributed by atoms with Gasteiger partial charge in [0, 0.05) is 32.2 Å². The summed E-state index contributed by atoms with van der Waals surface area (Å²) < 4.78 is 0. The van der Waals surface area contributed by atoms with Gasteiger partial charge in [-0.3, -0.25) is 9.59 Å². The quantitative estimate of drug-likeness (QED) is 0.906. The molecule has 120 valence electrons. The first-order valence-electron chi connectivity index (χ1n) is 7.67. The van der Waals surface area contributed by atoms with E-state index in [9.17, 15) is 14.9 Å². The Bertz CT molecular complexity index is 841. The molecule has 1 unspecified atom stereocenters. The second kappa shape index (κ2) is 6.17. The van der Waals surface area contributed by atoms with E-state index in [1.165, 1.54) is 6.92 Å². The maximum Gasteiger partial charge on any atom is 0.217 e. The molecule has 1 aromatic carbocycles. The minimum Gasteiger partial charge on any atom is -0.343 e. The van der Waals surface area contributed by atoms with E-state index < -0.39 is 6.04 Å². The van der Waals surface area contributed by atoms with Gasteiger partial charge >= 0.3 is 0 Å². The van der Waals surface area contributed by atoms with Crippen LogP contribution in [0, 0.1) is 11.3 Å². The highest BCUT2D eigenvalue weighted by atomic mass is 16.2. The largest absolute Gasteiger partial charge is 0.343 e. The Morgan fingerprint density at radius 2 is 2.04 bits per heavy atom. The molecule has 1 aliphatic carbocycles. The third-order valence-electron chi connectivity index (χ3n) is 4.13. The van der Waals surface area contributed by atoms with Gasteiger partial charge in [0.05, 0.1) is 0 Å². The van der Waals surface area contributed by atoms with E-state index in [2.05, 4.69) is 11.4 Å². The van der Waals surface area contributed by atoms with Gasteiger partial charge in [0.25, 0.3) is 0 Å². The van der Waals surface area contributed by atoms with Gasteiger partial charge in [-0.15, -0.1) is 0 Å². The Balaban J connectivity index is 2.17. The van der Waals surface area contributed by atoms with E-state index in [1.54, 1.807) is 18.0 Å². The molecule has 0 saturated heterocycles. The number of hydrogen-bond acceptors (Lipinski definition) is 4. The van der Waals surface area contributed by atoms with Crippen molar-refractivity contribution in [3.05, 3.63) is 65.0 Å². The predicted molar refractivity (Wildman–Crippen MR) is 90.1 cm³/mol. The lowest BCUT2D eigenvalue weighted by Crippen LogP contribution is -2.41. The topological polar surface area (TPSA) is 73.2 Å². The van der Waals surface area contributed by atoms with Crippen molar-refractivity contribution in [1.82, 2.24) is 10.2 Å². The monoisotopic (exact) mass is 319 g/mol. The maximum atomic E-state index is 12.3. The molecule has 5 nitrogen and oxygen atoms in total. The van der Waals surface area contributed by atoms with Gasteiger partial charge in [0.15, 0.2) is 5.78 Å². The molecule has 1 atom stereocenters. The van der Waals surface area contributed by atoms with Crippen LogP contribution < -0.4 is 5.32 Å². The van der Waals surface area contributed by atoms with Crippen molar-refractivity contribution in [2.45, 2.75) is 19.4 Å². The van der Waals surface area contributed by atoms with E-state index in [-0.39, 0.29) is 18.1 Å². The highest BCUT2D eigenvalue weighted by Crippen LogP contribution is 2.40. The number of ketones is 1. The summed E-state index contributed by atoms with van der Waals surface area (Å²) in [5, 5.41) is 12.3. The lowest BCUT2D eigenvalue weighted by atomic mass is 9.81. The summed E-state index contributed by atoms with van der Waals surface area (Å²) in [4.78, 5) is 25.4. The first kappa shape index (κ1) is 15.8. The number of rotatable bonds is 2. The van der Waals surface area contributed by atoms with Crippen LogP contribution in [-0.4, -0.2) is 29.7 Å². The minimum absolute atomic E-state index is 0.0542. The van der Waals surface area contributed by atoms with Crippen molar-refractivity contribution in [3.8, 4) is 6.07 Å². The number of nitrogens with one attached hydrogen (secondary N) is 1. The van der Waals surface area contributed by atoms with Crippen LogP contribution >= 0.6 is 0 Å². The van der Waals surface area contributed by atoms with E-state index in [0.29, 0.717) is 5.70 Å². The molecule has 1 aromatic rings. The second-order valence-corrected chi connectivity index (χ2v) is 5.87. The molecule has 0 fully saturated rings. The van der Waals surface area contributed by atoms with E-state index >= 15 is 0 Å². The molecule has 3 rings (SSSR count). The highest BCUT2D eigenvalue weighted by Gasteiger charge is 2.32. The number of nitriles is 1. The normalized spacial score (nSPS) is 20.0. The molecule has 24 heavy (non-hydrogen) atoms. The van der Waals surface area contributed by atoms with Crippen LogP contribution in [-0.2, 0) is 9.59 Å². The molecule has 1 heterocycles. The third kappa shape index (κ3) is 2.74. The van der Waals surface area contributed by atoms with Crippen LogP contribution in [0.5, 0.6) is 0 Å². The summed E-state index contributed by atoms with van der Waals surface area (Å²) in [7, 11) is 1.80. The molecule has 0 saturated carbocycles. The zero-order chi connectivity index (χ0) is 17.3. The first-order chi connectivity index (χ1) is 11.5. The zero-order valence-corrected chi connectivity index (χ0v) is 13.5. The number of carbonyl (C=O) groups is 2. The summed E-state index contributed by atoms with van der Waals surface area (Å²) in [6.07, 6.45) is 3.81. The molecule has 0 aromatic heterocycles. The molecule has 5 heteroatoms. The molecule has 1 N–H and O–H groups in total. The number of carbonyl (C=O) groups excluding carboxylic acids is 2. The SMILES string of the molecule is CC(=O)NC1C=C2C(=CN(C)C(C#N)=C2c2ccccc2)CC1=O. The smallest absolute Gasteiger partial charge is 0.217 e. The molecule has 0 radical (unpaired) electrons. The molecule has 0 spiro atoms. The fourth-order valence-electron chi connectivity index (χ4n) is 3.09. The Morgan fingerprint density at radius 3 is 2.67 bits per heavy atom. The van der Waals surface area contributed by atoms with E-state index in [0.717, 1.165) is 22.3 Å². The van der Waals surface area contributed by atoms with Gasteiger partial charge in [-0.1, -0.05) is 30.3 Å². The fourth-order valence-corrected chi connectivity index (χ4v) is 3.09. The van der Waals surface area contributed by atoms with Crippen LogP contribution in [0.2, 0.25) is 0 Å². The molecular formula is C19H17N3O2. The Labute approximate surface area is 140 Å². The number of amides is 1. The zero-order valence-electron chi connectivity index (χ0n) is 13.5. The second-order valence-electron chi connectivity index (χ2n) is 5.87. The number of allylic oxidation sites excluding steroid dienone is 4. The van der Waals surface area contributed by atoms with Gasteiger partial charge in [-0.05, 0) is 22.8 Å². The van der Waals surface area contributed by atoms with Crippen molar-refractivity contribution < 1.29 is 9.59 Å². The summed E-state index contributed by atoms with van der Waals surface area (Å²) in [6, 6.07) is 11.2. The average Bonchev–Trinajstić information content (AvgIpc) is 2.55. The van der Waals surface area contributed by atoms with Gasteiger partial charge in [0.1, 0.15) is 17.8 Å². The lowest BCUT2D eigenvalue weighted by molar-refractivity contribution is -0.125. The summed E-state index contributed by atoms with van der Waals surface area (Å²) >= 11 is 0. The minimum atomic E-state index is -0.656. The van der Waals surface area contributed by atoms with Gasteiger partial charge in [-0.2, -0.15) is 5.26 Å². The van der Waals surface area contributed by atoms with Crippen LogP contribution in [0.15, 0.2) is 59.5 Å². The third-order valence-corrected chi connectivity index (χ3v) is 4.13. The van der Waals surface area contributed by atoms with Crippen molar-refractivity contribution in [2.75, 3.05) is 7.05 Å². The number of Topliss-reactive ketones (excluding diaryl/α,β-unsaturated/α-hetero) is 1. The Kier molecular flexibility index (Phi) is 4.05. The molecule has 2 aliphatic rings. The van der Waals surface area contributed by atoms with Crippen molar-refractivity contribution in [1.29, 1.82) is 5.26 Å². The number of nitrogens with zero attached hydrogens (tertiary/aromatic N) is 2. The number of fused-ring (bicyclic) bond motifs is 1. The van der Waals surface area contributed by atoms with Crippen molar-refractivity contribution in [3.63, 3.8) is 0 Å². The van der Waals surface area contributed by atoms with Crippen LogP contribution in [0.3, 0.4) is 0 Å². The van der Waals surface area contributed by atoms with Crippen molar-refractivity contribution in [2.24, 2.45) is 0 Å². The summed E-state index contributed by atoms with van der Waals surface area (Å²) in [6.45, 7) is 1.39. The summed E-state index contributed by atoms with van der Waals surface area (Å²) in [5.41, 5.74) is 3.93. The van der Waals surface area contributed by atoms with E-state index in [4.69, 9.17) is 0 Å². The molecular weight excluding hydrogens is 302 g/mol. The maximum absolute atomic E-state index is 12.3. The first-order valence-corrected chi connectivity index (χ1v) is 7.67. The van der Waals surface area contributed by atoms with Gasteiger partial charge in [-0.25, -0.2) is 0 Å². The fraction of sp³-hybridized carbons (Fsp3) is 0.211. The standard InChI is InChI=1S/C19H17N3O2/c1-12(23)21-16-9-15-14(8-18(16)24)11-22(2)17(10-20)19(15)13-6-4-3-5-7-13/h3-7,9,11,16H,8H2,1-2H3,(H,21,23). The Morgan fingerprint density at radius 1 is 1.33 bits per heavy atom. The van der Waals surface area contributed by atoms with Crippen molar-refractivity contribution >= 4 is 17.3 Å². The summed E-state index contributed by atoms with van der Waals surface area (Å²) in [5.74, 6) is -0.308. The number of hydrogen-bond donors (Lipinski definition) is 1. The molecule has 0 bridgehead atoms. The van der Waals surface area contributed by atoms with Crippen LogP contribution in [0.25, 0.3) is 5.57 Å². The van der Waals surface area contributed by atoms with Crippen LogP contribution in [0.4, 0.5) is 0 Å². The average molecular weight is 319 g/mol. The van der Waals surface area contributed by atoms with Gasteiger partial charge in [0.2, 0.25) is 5.91 Å². The van der Waals surface area contributed by atoms with Crippen LogP contribution in [0.1, 0.15) is 18.9 Å².